The Bertz CT molecular complexity index is 430. The molecule has 0 bridgehead atoms. The highest BCUT2D eigenvalue weighted by Gasteiger charge is 2.39. The summed E-state index contributed by atoms with van der Waals surface area (Å²) in [5.41, 5.74) is 3.49. The molecule has 0 radical (unpaired) electrons. The van der Waals surface area contributed by atoms with E-state index in [4.69, 9.17) is 15.6 Å². The highest BCUT2D eigenvalue weighted by Crippen LogP contribution is 2.22. The highest BCUT2D eigenvalue weighted by atomic mass is 79.9. The normalized spacial score (nSPS) is 13.7. The Balaban J connectivity index is 2.57. The van der Waals surface area contributed by atoms with Crippen molar-refractivity contribution in [3.63, 3.8) is 0 Å². The van der Waals surface area contributed by atoms with Gasteiger partial charge in [-0.2, -0.15) is 0 Å². The van der Waals surface area contributed by atoms with Gasteiger partial charge in [0, 0.05) is 10.9 Å². The molecule has 0 aliphatic rings. The van der Waals surface area contributed by atoms with Crippen LogP contribution in [0.3, 0.4) is 0 Å². The van der Waals surface area contributed by atoms with Crippen LogP contribution < -0.4 is 10.5 Å². The summed E-state index contributed by atoms with van der Waals surface area (Å²) in [5, 5.41) is 8.97. The number of amides is 1. The number of hydrogen-bond donors (Lipinski definition) is 2. The Morgan fingerprint density at radius 1 is 1.39 bits per heavy atom. The van der Waals surface area contributed by atoms with Gasteiger partial charge in [-0.1, -0.05) is 15.9 Å². The fourth-order valence-corrected chi connectivity index (χ4v) is 1.50. The van der Waals surface area contributed by atoms with E-state index in [2.05, 4.69) is 15.9 Å². The van der Waals surface area contributed by atoms with Crippen LogP contribution in [0.4, 0.5) is 0 Å². The van der Waals surface area contributed by atoms with Crippen molar-refractivity contribution in [3.05, 3.63) is 28.7 Å². The van der Waals surface area contributed by atoms with Crippen LogP contribution in [0.15, 0.2) is 28.7 Å². The zero-order chi connectivity index (χ0) is 13.8. The lowest BCUT2D eigenvalue weighted by Crippen LogP contribution is -2.42. The van der Waals surface area contributed by atoms with E-state index in [-0.39, 0.29) is 13.0 Å². The summed E-state index contributed by atoms with van der Waals surface area (Å²) in [4.78, 5) is 22.1. The molecular formula is C12H14BrNO4. The average Bonchev–Trinajstić information content (AvgIpc) is 2.31. The number of halogens is 1. The van der Waals surface area contributed by atoms with Crippen LogP contribution in [-0.2, 0) is 9.59 Å². The maximum absolute atomic E-state index is 11.1. The molecule has 1 unspecified atom stereocenters. The molecule has 1 aromatic carbocycles. The molecule has 3 N–H and O–H groups in total. The molecule has 0 fully saturated rings. The zero-order valence-electron chi connectivity index (χ0n) is 9.85. The van der Waals surface area contributed by atoms with Crippen LogP contribution >= 0.6 is 15.9 Å². The first kappa shape index (κ1) is 14.5. The number of rotatable bonds is 6. The smallest absolute Gasteiger partial charge is 0.319 e. The topological polar surface area (TPSA) is 89.6 Å². The van der Waals surface area contributed by atoms with Crippen molar-refractivity contribution in [1.29, 1.82) is 0 Å². The molecule has 1 rings (SSSR count). The van der Waals surface area contributed by atoms with E-state index in [0.29, 0.717) is 5.75 Å². The first-order chi connectivity index (χ1) is 8.36. The fourth-order valence-electron chi connectivity index (χ4n) is 1.24. The lowest BCUT2D eigenvalue weighted by atomic mass is 9.86. The maximum Gasteiger partial charge on any atom is 0.319 e. The molecule has 0 saturated heterocycles. The van der Waals surface area contributed by atoms with Gasteiger partial charge in [-0.3, -0.25) is 9.59 Å². The van der Waals surface area contributed by atoms with Crippen LogP contribution in [0.5, 0.6) is 5.75 Å². The van der Waals surface area contributed by atoms with Gasteiger partial charge in [0.05, 0.1) is 6.61 Å². The number of benzene rings is 1. The van der Waals surface area contributed by atoms with E-state index in [9.17, 15) is 9.59 Å². The highest BCUT2D eigenvalue weighted by molar-refractivity contribution is 9.10. The Labute approximate surface area is 113 Å². The van der Waals surface area contributed by atoms with Gasteiger partial charge in [-0.15, -0.1) is 0 Å². The van der Waals surface area contributed by atoms with Crippen LogP contribution in [0.2, 0.25) is 0 Å². The standard InChI is InChI=1S/C12H14BrNO4/c1-12(10(14)15,11(16)17)6-7-18-9-4-2-8(13)3-5-9/h2-5H,6-7H2,1H3,(H2,14,15)(H,16,17). The molecule has 0 spiro atoms. The van der Waals surface area contributed by atoms with Crippen LogP contribution in [0.25, 0.3) is 0 Å². The lowest BCUT2D eigenvalue weighted by Gasteiger charge is -2.20. The maximum atomic E-state index is 11.1. The van der Waals surface area contributed by atoms with Gasteiger partial charge in [-0.05, 0) is 31.2 Å². The SMILES string of the molecule is CC(CCOc1ccc(Br)cc1)(C(N)=O)C(=O)O. The van der Waals surface area contributed by atoms with Gasteiger partial charge in [0.25, 0.3) is 0 Å². The molecule has 6 heteroatoms. The summed E-state index contributed by atoms with van der Waals surface area (Å²) in [6.07, 6.45) is 0.0216. The molecule has 1 amide bonds. The zero-order valence-corrected chi connectivity index (χ0v) is 11.4. The third-order valence-electron chi connectivity index (χ3n) is 2.70. The van der Waals surface area contributed by atoms with Gasteiger partial charge >= 0.3 is 5.97 Å². The van der Waals surface area contributed by atoms with E-state index in [0.717, 1.165) is 4.47 Å². The Morgan fingerprint density at radius 2 is 1.94 bits per heavy atom. The number of carboxylic acids is 1. The van der Waals surface area contributed by atoms with Crippen LogP contribution in [0, 0.1) is 5.41 Å². The second-order valence-corrected chi connectivity index (χ2v) is 4.97. The Morgan fingerprint density at radius 3 is 2.39 bits per heavy atom. The van der Waals surface area contributed by atoms with Crippen molar-refractivity contribution in [2.45, 2.75) is 13.3 Å². The number of nitrogens with two attached hydrogens (primary N) is 1. The largest absolute Gasteiger partial charge is 0.494 e. The first-order valence-electron chi connectivity index (χ1n) is 5.28. The molecule has 1 aromatic rings. The van der Waals surface area contributed by atoms with E-state index in [1.165, 1.54) is 6.92 Å². The summed E-state index contributed by atoms with van der Waals surface area (Å²) < 4.78 is 6.28. The third kappa shape index (κ3) is 3.46. The van der Waals surface area contributed by atoms with E-state index >= 15 is 0 Å². The van der Waals surface area contributed by atoms with Gasteiger partial charge in [0.1, 0.15) is 11.2 Å². The molecule has 0 aromatic heterocycles. The van der Waals surface area contributed by atoms with Gasteiger partial charge < -0.3 is 15.6 Å². The van der Waals surface area contributed by atoms with Crippen molar-refractivity contribution in [2.75, 3.05) is 6.61 Å². The van der Waals surface area contributed by atoms with Crippen molar-refractivity contribution < 1.29 is 19.4 Å². The van der Waals surface area contributed by atoms with Crippen molar-refractivity contribution in [1.82, 2.24) is 0 Å². The predicted molar refractivity (Wildman–Crippen MR) is 69.2 cm³/mol. The van der Waals surface area contributed by atoms with E-state index in [1.54, 1.807) is 24.3 Å². The molecule has 0 heterocycles. The summed E-state index contributed by atoms with van der Waals surface area (Å²) in [7, 11) is 0. The molecule has 5 nitrogen and oxygen atoms in total. The summed E-state index contributed by atoms with van der Waals surface area (Å²) >= 11 is 3.29. The van der Waals surface area contributed by atoms with Crippen LogP contribution in [-0.4, -0.2) is 23.6 Å². The molecule has 18 heavy (non-hydrogen) atoms. The summed E-state index contributed by atoms with van der Waals surface area (Å²) in [5.74, 6) is -1.50. The third-order valence-corrected chi connectivity index (χ3v) is 3.23. The van der Waals surface area contributed by atoms with E-state index < -0.39 is 17.3 Å². The number of carbonyl (C=O) groups excluding carboxylic acids is 1. The first-order valence-corrected chi connectivity index (χ1v) is 6.07. The monoisotopic (exact) mass is 315 g/mol. The Kier molecular flexibility index (Phi) is 4.72. The summed E-state index contributed by atoms with van der Waals surface area (Å²) in [6, 6.07) is 7.10. The minimum absolute atomic E-state index is 0.0216. The van der Waals surface area contributed by atoms with Gasteiger partial charge in [0.15, 0.2) is 0 Å². The number of carbonyl (C=O) groups is 2. The van der Waals surface area contributed by atoms with Crippen molar-refractivity contribution in [2.24, 2.45) is 11.1 Å². The van der Waals surface area contributed by atoms with Crippen LogP contribution in [0.1, 0.15) is 13.3 Å². The number of hydrogen-bond acceptors (Lipinski definition) is 3. The minimum atomic E-state index is -1.60. The number of carboxylic acid groups (broad SMARTS) is 1. The fraction of sp³-hybridized carbons (Fsp3) is 0.333. The number of ether oxygens (including phenoxy) is 1. The minimum Gasteiger partial charge on any atom is -0.494 e. The molecule has 0 saturated carbocycles. The molecular weight excluding hydrogens is 302 g/mol. The second-order valence-electron chi connectivity index (χ2n) is 4.05. The van der Waals surface area contributed by atoms with E-state index in [1.807, 2.05) is 0 Å². The molecule has 0 aliphatic carbocycles. The average molecular weight is 316 g/mol. The lowest BCUT2D eigenvalue weighted by molar-refractivity contribution is -0.154. The van der Waals surface area contributed by atoms with Gasteiger partial charge in [0.2, 0.25) is 5.91 Å². The number of primary amides is 1. The second kappa shape index (κ2) is 5.86. The number of aliphatic carboxylic acids is 1. The van der Waals surface area contributed by atoms with Crippen molar-refractivity contribution >= 4 is 27.8 Å². The van der Waals surface area contributed by atoms with Gasteiger partial charge in [-0.25, -0.2) is 0 Å². The molecule has 0 aliphatic heterocycles. The Hall–Kier alpha value is -1.56. The molecule has 1 atom stereocenters. The summed E-state index contributed by atoms with van der Waals surface area (Å²) in [6.45, 7) is 1.40. The predicted octanol–water partition coefficient (Wildman–Crippen LogP) is 1.79. The van der Waals surface area contributed by atoms with Crippen molar-refractivity contribution in [3.8, 4) is 5.75 Å². The molecule has 98 valence electrons. The quantitative estimate of drug-likeness (QED) is 0.783.